The standard InChI is InChI=1S/C25H28N2O5/c1-16(22(28)29)13-26-23(30)25(11-6-12-25)15-27-24(31)32-14-21-19-9-4-2-7-17(19)18-8-3-5-10-20(18)21/h2-5,7-10,16,21H,6,11-15H2,1H3,(H,26,30)(H,27,31)(H,28,29). The third-order valence-corrected chi connectivity index (χ3v) is 6.70. The van der Waals surface area contributed by atoms with Gasteiger partial charge in [0.25, 0.3) is 0 Å². The van der Waals surface area contributed by atoms with Crippen molar-refractivity contribution in [3.05, 3.63) is 59.7 Å². The second-order valence-electron chi connectivity index (χ2n) is 8.76. The topological polar surface area (TPSA) is 105 Å². The van der Waals surface area contributed by atoms with E-state index in [1.54, 1.807) is 6.92 Å². The molecule has 7 heteroatoms. The third kappa shape index (κ3) is 4.20. The number of carboxylic acid groups (broad SMARTS) is 1. The first-order valence-corrected chi connectivity index (χ1v) is 11.0. The van der Waals surface area contributed by atoms with Crippen LogP contribution in [0.25, 0.3) is 11.1 Å². The number of carboxylic acids is 1. The molecule has 0 heterocycles. The van der Waals surface area contributed by atoms with E-state index in [-0.39, 0.29) is 31.5 Å². The van der Waals surface area contributed by atoms with Gasteiger partial charge in [0.1, 0.15) is 6.61 Å². The van der Waals surface area contributed by atoms with Gasteiger partial charge < -0.3 is 20.5 Å². The van der Waals surface area contributed by atoms with Crippen LogP contribution in [0.2, 0.25) is 0 Å². The first kappa shape index (κ1) is 21.9. The minimum atomic E-state index is -0.954. The number of alkyl carbamates (subject to hydrolysis) is 1. The number of hydrogen-bond acceptors (Lipinski definition) is 4. The van der Waals surface area contributed by atoms with E-state index in [9.17, 15) is 14.4 Å². The van der Waals surface area contributed by atoms with E-state index in [4.69, 9.17) is 9.84 Å². The van der Waals surface area contributed by atoms with Crippen LogP contribution in [0, 0.1) is 11.3 Å². The van der Waals surface area contributed by atoms with Gasteiger partial charge >= 0.3 is 12.1 Å². The SMILES string of the molecule is CC(CNC(=O)C1(CNC(=O)OCC2c3ccccc3-c3ccccc32)CCC1)C(=O)O. The summed E-state index contributed by atoms with van der Waals surface area (Å²) < 4.78 is 5.55. The van der Waals surface area contributed by atoms with E-state index in [1.807, 2.05) is 24.3 Å². The van der Waals surface area contributed by atoms with E-state index in [2.05, 4.69) is 34.9 Å². The van der Waals surface area contributed by atoms with Crippen LogP contribution < -0.4 is 10.6 Å². The van der Waals surface area contributed by atoms with E-state index in [1.165, 1.54) is 0 Å². The molecule has 0 aliphatic heterocycles. The van der Waals surface area contributed by atoms with Crippen LogP contribution in [0.4, 0.5) is 4.79 Å². The highest BCUT2D eigenvalue weighted by Crippen LogP contribution is 2.44. The molecule has 4 rings (SSSR count). The Morgan fingerprint density at radius 3 is 2.16 bits per heavy atom. The number of carbonyl (C=O) groups is 3. The molecule has 0 bridgehead atoms. The number of hydrogen-bond donors (Lipinski definition) is 3. The highest BCUT2D eigenvalue weighted by Gasteiger charge is 2.44. The Morgan fingerprint density at radius 2 is 1.62 bits per heavy atom. The van der Waals surface area contributed by atoms with Crippen molar-refractivity contribution in [3.63, 3.8) is 0 Å². The summed E-state index contributed by atoms with van der Waals surface area (Å²) in [5.41, 5.74) is 3.92. The van der Waals surface area contributed by atoms with Crippen LogP contribution in [0.1, 0.15) is 43.2 Å². The molecule has 0 saturated heterocycles. The number of nitrogens with one attached hydrogen (secondary N) is 2. The Bertz CT molecular complexity index is 985. The van der Waals surface area contributed by atoms with Gasteiger partial charge in [-0.2, -0.15) is 0 Å². The van der Waals surface area contributed by atoms with Gasteiger partial charge in [-0.15, -0.1) is 0 Å². The molecule has 1 fully saturated rings. The maximum absolute atomic E-state index is 12.6. The smallest absolute Gasteiger partial charge is 0.407 e. The van der Waals surface area contributed by atoms with Gasteiger partial charge in [-0.1, -0.05) is 61.9 Å². The van der Waals surface area contributed by atoms with Crippen LogP contribution in [0.3, 0.4) is 0 Å². The molecule has 2 aliphatic rings. The van der Waals surface area contributed by atoms with E-state index in [0.29, 0.717) is 12.8 Å². The lowest BCUT2D eigenvalue weighted by atomic mass is 9.68. The average Bonchev–Trinajstić information content (AvgIpc) is 3.09. The fourth-order valence-corrected chi connectivity index (χ4v) is 4.50. The van der Waals surface area contributed by atoms with Crippen LogP contribution >= 0.6 is 0 Å². The van der Waals surface area contributed by atoms with E-state index in [0.717, 1.165) is 28.7 Å². The first-order valence-electron chi connectivity index (χ1n) is 11.0. The van der Waals surface area contributed by atoms with Gasteiger partial charge in [0.15, 0.2) is 0 Å². The van der Waals surface area contributed by atoms with E-state index >= 15 is 0 Å². The lowest BCUT2D eigenvalue weighted by Crippen LogP contribution is -2.53. The number of ether oxygens (including phenoxy) is 1. The Kier molecular flexibility index (Phi) is 6.17. The van der Waals surface area contributed by atoms with E-state index < -0.39 is 23.4 Å². The second-order valence-corrected chi connectivity index (χ2v) is 8.76. The average molecular weight is 437 g/mol. The maximum atomic E-state index is 12.6. The molecule has 1 atom stereocenters. The van der Waals surface area contributed by atoms with Crippen molar-refractivity contribution in [3.8, 4) is 11.1 Å². The lowest BCUT2D eigenvalue weighted by Gasteiger charge is -2.40. The molecule has 1 unspecified atom stereocenters. The van der Waals surface area contributed by atoms with Crippen LogP contribution in [-0.2, 0) is 14.3 Å². The number of rotatable bonds is 8. The molecular weight excluding hydrogens is 408 g/mol. The van der Waals surface area contributed by atoms with Crippen LogP contribution in [-0.4, -0.2) is 42.8 Å². The van der Waals surface area contributed by atoms with Gasteiger partial charge in [0.05, 0.1) is 11.3 Å². The molecule has 168 valence electrons. The molecule has 2 amide bonds. The van der Waals surface area contributed by atoms with Crippen molar-refractivity contribution in [2.75, 3.05) is 19.7 Å². The molecule has 2 aromatic carbocycles. The molecule has 1 saturated carbocycles. The van der Waals surface area contributed by atoms with Gasteiger partial charge in [0, 0.05) is 19.0 Å². The van der Waals surface area contributed by atoms with Crippen molar-refractivity contribution in [2.45, 2.75) is 32.1 Å². The van der Waals surface area contributed by atoms with Gasteiger partial charge in [0.2, 0.25) is 5.91 Å². The number of fused-ring (bicyclic) bond motifs is 3. The second kappa shape index (κ2) is 9.02. The van der Waals surface area contributed by atoms with Crippen molar-refractivity contribution in [1.82, 2.24) is 10.6 Å². The zero-order chi connectivity index (χ0) is 22.7. The Morgan fingerprint density at radius 1 is 1.03 bits per heavy atom. The summed E-state index contributed by atoms with van der Waals surface area (Å²) in [7, 11) is 0. The molecule has 32 heavy (non-hydrogen) atoms. The number of carbonyl (C=O) groups excluding carboxylic acids is 2. The summed E-state index contributed by atoms with van der Waals surface area (Å²) in [5, 5.41) is 14.5. The predicted octanol–water partition coefficient (Wildman–Crippen LogP) is 3.53. The van der Waals surface area contributed by atoms with Crippen molar-refractivity contribution < 1.29 is 24.2 Å². The van der Waals surface area contributed by atoms with Gasteiger partial charge in [-0.25, -0.2) is 4.79 Å². The van der Waals surface area contributed by atoms with Crippen molar-refractivity contribution in [1.29, 1.82) is 0 Å². The third-order valence-electron chi connectivity index (χ3n) is 6.70. The summed E-state index contributed by atoms with van der Waals surface area (Å²) in [6.45, 7) is 2.01. The summed E-state index contributed by atoms with van der Waals surface area (Å²) >= 11 is 0. The molecule has 3 N–H and O–H groups in total. The molecule has 0 spiro atoms. The number of aliphatic carboxylic acids is 1. The van der Waals surface area contributed by atoms with Gasteiger partial charge in [-0.05, 0) is 35.1 Å². The highest BCUT2D eigenvalue weighted by molar-refractivity contribution is 5.85. The minimum absolute atomic E-state index is 0.0217. The largest absolute Gasteiger partial charge is 0.481 e. The van der Waals surface area contributed by atoms with Crippen molar-refractivity contribution >= 4 is 18.0 Å². The lowest BCUT2D eigenvalue weighted by molar-refractivity contribution is -0.141. The zero-order valence-electron chi connectivity index (χ0n) is 18.1. The van der Waals surface area contributed by atoms with Crippen molar-refractivity contribution in [2.24, 2.45) is 11.3 Å². The van der Waals surface area contributed by atoms with Gasteiger partial charge in [-0.3, -0.25) is 9.59 Å². The summed E-state index contributed by atoms with van der Waals surface area (Å²) in [6.07, 6.45) is 1.66. The van der Waals surface area contributed by atoms with Crippen LogP contribution in [0.5, 0.6) is 0 Å². The number of amides is 2. The molecule has 0 aromatic heterocycles. The summed E-state index contributed by atoms with van der Waals surface area (Å²) in [6, 6.07) is 16.3. The maximum Gasteiger partial charge on any atom is 0.407 e. The summed E-state index contributed by atoms with van der Waals surface area (Å²) in [4.78, 5) is 36.0. The molecule has 7 nitrogen and oxygen atoms in total. The minimum Gasteiger partial charge on any atom is -0.481 e. The monoisotopic (exact) mass is 436 g/mol. The Hall–Kier alpha value is -3.35. The quantitative estimate of drug-likeness (QED) is 0.587. The summed E-state index contributed by atoms with van der Waals surface area (Å²) in [5.74, 6) is -1.85. The highest BCUT2D eigenvalue weighted by atomic mass is 16.5. The zero-order valence-corrected chi connectivity index (χ0v) is 18.1. The Labute approximate surface area is 187 Å². The predicted molar refractivity (Wildman–Crippen MR) is 119 cm³/mol. The fraction of sp³-hybridized carbons (Fsp3) is 0.400. The molecular formula is C25H28N2O5. The fourth-order valence-electron chi connectivity index (χ4n) is 4.50. The Balaban J connectivity index is 1.33. The number of benzene rings is 2. The molecule has 2 aliphatic carbocycles. The molecule has 2 aromatic rings. The first-order chi connectivity index (χ1) is 15.4. The molecule has 0 radical (unpaired) electrons. The normalized spacial score (nSPS) is 16.8. The van der Waals surface area contributed by atoms with Crippen LogP contribution in [0.15, 0.2) is 48.5 Å².